The summed E-state index contributed by atoms with van der Waals surface area (Å²) in [6.45, 7) is 7.33. The van der Waals surface area contributed by atoms with Gasteiger partial charge in [0.2, 0.25) is 0 Å². The van der Waals surface area contributed by atoms with Gasteiger partial charge in [-0.15, -0.1) is 0 Å². The van der Waals surface area contributed by atoms with Crippen LogP contribution in [0.1, 0.15) is 64.7 Å². The van der Waals surface area contributed by atoms with Gasteiger partial charge in [0.1, 0.15) is 0 Å². The first kappa shape index (κ1) is 17.5. The number of benzene rings is 1. The van der Waals surface area contributed by atoms with E-state index < -0.39 is 8.07 Å². The molecule has 0 aliphatic carbocycles. The van der Waals surface area contributed by atoms with E-state index in [0.717, 1.165) is 0 Å². The van der Waals surface area contributed by atoms with Gasteiger partial charge in [-0.05, 0) is 0 Å². The first-order valence-corrected chi connectivity index (χ1v) is 11.9. The Morgan fingerprint density at radius 1 is 0.700 bits per heavy atom. The number of rotatable bonds is 11. The third-order valence-electron chi connectivity index (χ3n) is 4.46. The van der Waals surface area contributed by atoms with Crippen LogP contribution in [0.4, 0.5) is 0 Å². The molecule has 0 heterocycles. The molecule has 114 valence electrons. The smallest absolute Gasteiger partial charge is 0.0654 e. The predicted octanol–water partition coefficient (Wildman–Crippen LogP) is 6.13. The molecule has 0 radical (unpaired) electrons. The van der Waals surface area contributed by atoms with Gasteiger partial charge >= 0.3 is 0 Å². The van der Waals surface area contributed by atoms with Gasteiger partial charge in [-0.25, -0.2) is 0 Å². The molecule has 1 rings (SSSR count). The van der Waals surface area contributed by atoms with Crippen LogP contribution in [0.3, 0.4) is 0 Å². The van der Waals surface area contributed by atoms with E-state index in [0.29, 0.717) is 0 Å². The summed E-state index contributed by atoms with van der Waals surface area (Å²) in [5.41, 5.74) is 0. The lowest BCUT2D eigenvalue weighted by molar-refractivity contribution is 0.571. The highest BCUT2D eigenvalue weighted by Gasteiger charge is 2.21. The molecule has 0 saturated carbocycles. The van der Waals surface area contributed by atoms with E-state index in [1.165, 1.54) is 63.8 Å². The zero-order chi connectivity index (χ0) is 14.7. The molecule has 0 fully saturated rings. The van der Waals surface area contributed by atoms with Crippen LogP contribution < -0.4 is 5.19 Å². The van der Waals surface area contributed by atoms with Gasteiger partial charge in [0.05, 0.1) is 8.07 Å². The third kappa shape index (κ3) is 7.28. The molecule has 1 heteroatoms. The standard InChI is InChI=1S/C19H34Si/c1-4-5-6-7-8-9-10-11-15-18-20(2,3)19-16-13-12-14-17-19/h12-14,16-17H,4-11,15,18H2,1-3H3. The van der Waals surface area contributed by atoms with Gasteiger partial charge in [-0.1, -0.05) is 119 Å². The summed E-state index contributed by atoms with van der Waals surface area (Å²) >= 11 is 0. The van der Waals surface area contributed by atoms with E-state index in [1.807, 2.05) is 0 Å². The fourth-order valence-corrected chi connectivity index (χ4v) is 5.43. The Bertz CT molecular complexity index is 329. The first-order chi connectivity index (χ1) is 9.67. The normalized spacial score (nSPS) is 11.8. The van der Waals surface area contributed by atoms with E-state index in [2.05, 4.69) is 50.3 Å². The monoisotopic (exact) mass is 290 g/mol. The first-order valence-electron chi connectivity index (χ1n) is 8.72. The molecule has 0 aliphatic rings. The van der Waals surface area contributed by atoms with Crippen LogP contribution in [0, 0.1) is 0 Å². The number of unbranched alkanes of at least 4 members (excludes halogenated alkanes) is 8. The molecule has 0 amide bonds. The van der Waals surface area contributed by atoms with E-state index in [1.54, 1.807) is 5.19 Å². The Morgan fingerprint density at radius 2 is 1.20 bits per heavy atom. The Labute approximate surface area is 128 Å². The van der Waals surface area contributed by atoms with Gasteiger partial charge in [0.25, 0.3) is 0 Å². The van der Waals surface area contributed by atoms with Gasteiger partial charge in [0.15, 0.2) is 0 Å². The van der Waals surface area contributed by atoms with Crippen molar-refractivity contribution >= 4 is 13.3 Å². The molecular formula is C19H34Si. The molecule has 0 unspecified atom stereocenters. The fraction of sp³-hybridized carbons (Fsp3) is 0.684. The molecule has 0 N–H and O–H groups in total. The Hall–Kier alpha value is -0.563. The van der Waals surface area contributed by atoms with Crippen molar-refractivity contribution in [3.8, 4) is 0 Å². The quantitative estimate of drug-likeness (QED) is 0.339. The lowest BCUT2D eigenvalue weighted by atomic mass is 10.1. The summed E-state index contributed by atoms with van der Waals surface area (Å²) in [4.78, 5) is 0. The largest absolute Gasteiger partial charge is 0.0806 e. The SMILES string of the molecule is CCCCCCCCCCC[Si](C)(C)c1ccccc1. The second-order valence-electron chi connectivity index (χ2n) is 6.83. The molecule has 0 bridgehead atoms. The van der Waals surface area contributed by atoms with Crippen LogP contribution in [-0.2, 0) is 0 Å². The summed E-state index contributed by atoms with van der Waals surface area (Å²) in [6, 6.07) is 12.6. The van der Waals surface area contributed by atoms with Crippen molar-refractivity contribution in [2.75, 3.05) is 0 Å². The fourth-order valence-electron chi connectivity index (χ4n) is 2.91. The van der Waals surface area contributed by atoms with Gasteiger partial charge in [-0.2, -0.15) is 0 Å². The molecule has 0 atom stereocenters. The van der Waals surface area contributed by atoms with Crippen LogP contribution in [0.15, 0.2) is 30.3 Å². The molecular weight excluding hydrogens is 256 g/mol. The van der Waals surface area contributed by atoms with Gasteiger partial charge in [0, 0.05) is 0 Å². The molecule has 1 aromatic carbocycles. The lowest BCUT2D eigenvalue weighted by Gasteiger charge is -2.22. The van der Waals surface area contributed by atoms with Crippen molar-refractivity contribution in [2.24, 2.45) is 0 Å². The van der Waals surface area contributed by atoms with Crippen LogP contribution in [0.2, 0.25) is 19.1 Å². The van der Waals surface area contributed by atoms with Crippen molar-refractivity contribution in [1.29, 1.82) is 0 Å². The summed E-state index contributed by atoms with van der Waals surface area (Å²) < 4.78 is 0. The summed E-state index contributed by atoms with van der Waals surface area (Å²) in [5, 5.41) is 1.62. The van der Waals surface area contributed by atoms with Crippen LogP contribution in [0.25, 0.3) is 0 Å². The minimum absolute atomic E-state index is 1.17. The Kier molecular flexibility index (Phi) is 8.92. The Morgan fingerprint density at radius 3 is 1.75 bits per heavy atom. The van der Waals surface area contributed by atoms with E-state index in [9.17, 15) is 0 Å². The van der Waals surface area contributed by atoms with Crippen molar-refractivity contribution in [2.45, 2.75) is 83.8 Å². The average Bonchev–Trinajstić information content (AvgIpc) is 2.46. The summed E-state index contributed by atoms with van der Waals surface area (Å²) in [7, 11) is -1.17. The third-order valence-corrected chi connectivity index (χ3v) is 7.96. The second kappa shape index (κ2) is 10.2. The van der Waals surface area contributed by atoms with E-state index in [-0.39, 0.29) is 0 Å². The van der Waals surface area contributed by atoms with Gasteiger partial charge < -0.3 is 0 Å². The number of hydrogen-bond acceptors (Lipinski definition) is 0. The second-order valence-corrected chi connectivity index (χ2v) is 11.7. The molecule has 1 aromatic rings. The van der Waals surface area contributed by atoms with Crippen LogP contribution >= 0.6 is 0 Å². The molecule has 0 spiro atoms. The maximum Gasteiger partial charge on any atom is 0.0806 e. The molecule has 0 aromatic heterocycles. The zero-order valence-electron chi connectivity index (χ0n) is 14.0. The minimum Gasteiger partial charge on any atom is -0.0654 e. The van der Waals surface area contributed by atoms with Crippen molar-refractivity contribution in [1.82, 2.24) is 0 Å². The Balaban J connectivity index is 2.06. The highest BCUT2D eigenvalue weighted by atomic mass is 28.3. The van der Waals surface area contributed by atoms with Crippen molar-refractivity contribution in [3.05, 3.63) is 30.3 Å². The summed E-state index contributed by atoms with van der Waals surface area (Å²) in [5.74, 6) is 0. The molecule has 20 heavy (non-hydrogen) atoms. The highest BCUT2D eigenvalue weighted by Crippen LogP contribution is 2.16. The maximum atomic E-state index is 2.52. The van der Waals surface area contributed by atoms with E-state index in [4.69, 9.17) is 0 Å². The maximum absolute atomic E-state index is 2.52. The van der Waals surface area contributed by atoms with Crippen LogP contribution in [0.5, 0.6) is 0 Å². The summed E-state index contributed by atoms with van der Waals surface area (Å²) in [6.07, 6.45) is 12.9. The molecule has 0 nitrogen and oxygen atoms in total. The predicted molar refractivity (Wildman–Crippen MR) is 95.6 cm³/mol. The lowest BCUT2D eigenvalue weighted by Crippen LogP contribution is -2.40. The minimum atomic E-state index is -1.17. The zero-order valence-corrected chi connectivity index (χ0v) is 15.0. The topological polar surface area (TPSA) is 0 Å². The molecule has 0 aliphatic heterocycles. The van der Waals surface area contributed by atoms with E-state index >= 15 is 0 Å². The molecule has 0 saturated heterocycles. The number of hydrogen-bond donors (Lipinski definition) is 0. The van der Waals surface area contributed by atoms with Crippen LogP contribution in [-0.4, -0.2) is 8.07 Å². The highest BCUT2D eigenvalue weighted by molar-refractivity contribution is 6.89. The van der Waals surface area contributed by atoms with Crippen molar-refractivity contribution in [3.63, 3.8) is 0 Å². The van der Waals surface area contributed by atoms with Gasteiger partial charge in [-0.3, -0.25) is 0 Å². The average molecular weight is 291 g/mol. The van der Waals surface area contributed by atoms with Crippen molar-refractivity contribution < 1.29 is 0 Å².